The van der Waals surface area contributed by atoms with E-state index < -0.39 is 6.10 Å². The third-order valence-electron chi connectivity index (χ3n) is 6.63. The van der Waals surface area contributed by atoms with Gasteiger partial charge in [-0.3, -0.25) is 9.89 Å². The van der Waals surface area contributed by atoms with E-state index in [4.69, 9.17) is 9.47 Å². The number of nitrogens with zero attached hydrogens (tertiary/aromatic N) is 4. The van der Waals surface area contributed by atoms with Crippen molar-refractivity contribution in [1.82, 2.24) is 30.2 Å². The highest BCUT2D eigenvalue weighted by Crippen LogP contribution is 2.32. The van der Waals surface area contributed by atoms with Crippen LogP contribution in [-0.2, 0) is 11.3 Å². The van der Waals surface area contributed by atoms with Gasteiger partial charge in [-0.25, -0.2) is 5.10 Å². The number of benzene rings is 2. The van der Waals surface area contributed by atoms with Gasteiger partial charge in [0.05, 0.1) is 29.5 Å². The van der Waals surface area contributed by atoms with Gasteiger partial charge in [0, 0.05) is 30.5 Å². The Hall–Kier alpha value is -4.11. The largest absolute Gasteiger partial charge is 0.480 e. The second-order valence-corrected chi connectivity index (χ2v) is 9.49. The van der Waals surface area contributed by atoms with Crippen LogP contribution >= 0.6 is 0 Å². The predicted molar refractivity (Wildman–Crippen MR) is 138 cm³/mol. The van der Waals surface area contributed by atoms with Crippen LogP contribution < -0.4 is 9.47 Å². The molecule has 1 saturated heterocycles. The number of aromatic nitrogens is 4. The molecule has 9 nitrogen and oxygen atoms in total. The van der Waals surface area contributed by atoms with E-state index in [0.29, 0.717) is 37.7 Å². The first-order chi connectivity index (χ1) is 17.5. The van der Waals surface area contributed by atoms with Crippen molar-refractivity contribution in [2.75, 3.05) is 33.8 Å². The van der Waals surface area contributed by atoms with Gasteiger partial charge in [-0.05, 0) is 55.6 Å². The smallest absolute Gasteiger partial charge is 0.263 e. The lowest BCUT2D eigenvalue weighted by Gasteiger charge is -2.19. The molecular weight excluding hydrogens is 456 g/mol. The summed E-state index contributed by atoms with van der Waals surface area (Å²) in [4.78, 5) is 17.0. The zero-order valence-electron chi connectivity index (χ0n) is 20.3. The second kappa shape index (κ2) is 9.16. The number of fused-ring (bicyclic) bond motifs is 6. The maximum atomic E-state index is 13.1. The summed E-state index contributed by atoms with van der Waals surface area (Å²) in [5.41, 5.74) is 5.63. The molecule has 2 aromatic carbocycles. The zero-order chi connectivity index (χ0) is 24.6. The van der Waals surface area contributed by atoms with E-state index in [1.165, 1.54) is 0 Å². The van der Waals surface area contributed by atoms with Crippen molar-refractivity contribution in [3.63, 3.8) is 0 Å². The van der Waals surface area contributed by atoms with Crippen LogP contribution in [0.1, 0.15) is 23.2 Å². The molecule has 0 unspecified atom stereocenters. The van der Waals surface area contributed by atoms with Gasteiger partial charge in [0.2, 0.25) is 5.88 Å². The van der Waals surface area contributed by atoms with Crippen molar-refractivity contribution >= 4 is 29.0 Å². The summed E-state index contributed by atoms with van der Waals surface area (Å²) in [6, 6.07) is 12.3. The average molecular weight is 485 g/mol. The van der Waals surface area contributed by atoms with Crippen LogP contribution in [0, 0.1) is 0 Å². The van der Waals surface area contributed by atoms with Crippen molar-refractivity contribution in [3.05, 3.63) is 59.4 Å². The lowest BCUT2D eigenvalue weighted by atomic mass is 10.0. The van der Waals surface area contributed by atoms with Crippen molar-refractivity contribution in [2.45, 2.75) is 19.1 Å². The molecule has 0 saturated carbocycles. The third-order valence-corrected chi connectivity index (χ3v) is 6.63. The first kappa shape index (κ1) is 22.4. The fraction of sp³-hybridized carbons (Fsp3) is 0.296. The quantitative estimate of drug-likeness (QED) is 0.451. The molecule has 2 N–H and O–H groups in total. The number of ether oxygens (including phenoxy) is 2. The lowest BCUT2D eigenvalue weighted by Crippen LogP contribution is -2.35. The van der Waals surface area contributed by atoms with Crippen molar-refractivity contribution in [2.24, 2.45) is 0 Å². The fourth-order valence-electron chi connectivity index (χ4n) is 4.82. The Morgan fingerprint density at radius 1 is 1.11 bits per heavy atom. The summed E-state index contributed by atoms with van der Waals surface area (Å²) in [7, 11) is 4.07. The summed E-state index contributed by atoms with van der Waals surface area (Å²) in [5.74, 6) is 1.28. The van der Waals surface area contributed by atoms with Gasteiger partial charge in [-0.2, -0.15) is 10.2 Å². The number of aromatic amines is 2. The molecule has 0 spiro atoms. The number of H-pyrrole nitrogens is 2. The second-order valence-electron chi connectivity index (χ2n) is 9.49. The summed E-state index contributed by atoms with van der Waals surface area (Å²) in [6.45, 7) is 2.26. The third kappa shape index (κ3) is 4.22. The monoisotopic (exact) mass is 484 g/mol. The van der Waals surface area contributed by atoms with Crippen LogP contribution in [0.3, 0.4) is 0 Å². The minimum absolute atomic E-state index is 0.0115. The number of hydrogen-bond acceptors (Lipinski definition) is 6. The van der Waals surface area contributed by atoms with Gasteiger partial charge in [-0.1, -0.05) is 18.2 Å². The molecule has 6 rings (SSSR count). The minimum atomic E-state index is -0.515. The van der Waals surface area contributed by atoms with E-state index >= 15 is 0 Å². The van der Waals surface area contributed by atoms with Gasteiger partial charge in [0.25, 0.3) is 5.91 Å². The maximum absolute atomic E-state index is 13.1. The number of rotatable bonds is 2. The minimum Gasteiger partial charge on any atom is -0.480 e. The standard InChI is InChI=1S/C27H28N6O3/c1-32(2)16-17-3-4-18-5-7-22-20-14-19(6-8-23(20)30-29-22)21-15-28-31-26(21)35-12-11-33-10-9-24(27(33)34)36-25(18)13-17/h3-8,13-15,24H,9-12,16H2,1-2H3,(H,28,31)(H,29,30)/b7-5+/t24-/m1/s1. The molecule has 1 amide bonds. The van der Waals surface area contributed by atoms with E-state index in [2.05, 4.69) is 37.4 Å². The lowest BCUT2D eigenvalue weighted by molar-refractivity contribution is -0.133. The number of carbonyl (C=O) groups is 1. The first-order valence-electron chi connectivity index (χ1n) is 12.1. The molecule has 4 aromatic rings. The van der Waals surface area contributed by atoms with E-state index in [-0.39, 0.29) is 5.91 Å². The fourth-order valence-corrected chi connectivity index (χ4v) is 4.82. The average Bonchev–Trinajstić information content (AvgIpc) is 3.58. The van der Waals surface area contributed by atoms with E-state index in [1.807, 2.05) is 50.5 Å². The number of nitrogens with one attached hydrogen (secondary N) is 2. The van der Waals surface area contributed by atoms with Crippen LogP contribution in [0.5, 0.6) is 11.6 Å². The normalized spacial score (nSPS) is 18.6. The highest BCUT2D eigenvalue weighted by atomic mass is 16.5. The summed E-state index contributed by atoms with van der Waals surface area (Å²) in [6.07, 6.45) is 5.89. The summed E-state index contributed by atoms with van der Waals surface area (Å²) < 4.78 is 12.4. The van der Waals surface area contributed by atoms with Gasteiger partial charge in [0.15, 0.2) is 6.10 Å². The molecule has 2 aliphatic heterocycles. The van der Waals surface area contributed by atoms with Crippen molar-refractivity contribution in [3.8, 4) is 22.8 Å². The van der Waals surface area contributed by atoms with E-state index in [9.17, 15) is 4.79 Å². The molecule has 2 aromatic heterocycles. The Balaban J connectivity index is 1.45. The topological polar surface area (TPSA) is 99.4 Å². The van der Waals surface area contributed by atoms with Gasteiger partial charge < -0.3 is 19.3 Å². The van der Waals surface area contributed by atoms with Crippen LogP contribution in [0.4, 0.5) is 0 Å². The number of carbonyl (C=O) groups excluding carboxylic acids is 1. The zero-order valence-corrected chi connectivity index (χ0v) is 20.3. The molecule has 1 atom stereocenters. The van der Waals surface area contributed by atoms with Crippen LogP contribution in [0.25, 0.3) is 34.2 Å². The van der Waals surface area contributed by atoms with Crippen LogP contribution in [0.15, 0.2) is 42.6 Å². The molecule has 9 heteroatoms. The van der Waals surface area contributed by atoms with Gasteiger partial charge >= 0.3 is 0 Å². The highest BCUT2D eigenvalue weighted by molar-refractivity contribution is 5.93. The van der Waals surface area contributed by atoms with Gasteiger partial charge in [-0.15, -0.1) is 0 Å². The van der Waals surface area contributed by atoms with Crippen LogP contribution in [-0.4, -0.2) is 76.0 Å². The Morgan fingerprint density at radius 2 is 2.03 bits per heavy atom. The van der Waals surface area contributed by atoms with Gasteiger partial charge in [0.1, 0.15) is 12.4 Å². The van der Waals surface area contributed by atoms with E-state index in [1.54, 1.807) is 11.1 Å². The Kier molecular flexibility index (Phi) is 5.69. The first-order valence-corrected chi connectivity index (χ1v) is 12.1. The molecule has 4 heterocycles. The molecule has 2 aliphatic rings. The maximum Gasteiger partial charge on any atom is 0.263 e. The molecule has 36 heavy (non-hydrogen) atoms. The molecule has 0 aliphatic carbocycles. The Morgan fingerprint density at radius 3 is 2.92 bits per heavy atom. The Labute approximate surface area is 208 Å². The molecule has 4 bridgehead atoms. The predicted octanol–water partition coefficient (Wildman–Crippen LogP) is 3.56. The molecule has 1 fully saturated rings. The molecular formula is C27H28N6O3. The summed E-state index contributed by atoms with van der Waals surface area (Å²) in [5, 5.41) is 15.7. The van der Waals surface area contributed by atoms with E-state index in [0.717, 1.165) is 45.4 Å². The number of amides is 1. The SMILES string of the molecule is CN(C)Cc1ccc2c(c1)O[C@@H]1CCN(CCOc3[nH]ncc3-c3ccc4n[nH]c(c4c3)/C=C/2)C1=O. The Bertz CT molecular complexity index is 1450. The van der Waals surface area contributed by atoms with Crippen molar-refractivity contribution < 1.29 is 14.3 Å². The molecule has 0 radical (unpaired) electrons. The number of hydrogen-bond donors (Lipinski definition) is 2. The van der Waals surface area contributed by atoms with Crippen molar-refractivity contribution in [1.29, 1.82) is 0 Å². The van der Waals surface area contributed by atoms with Crippen LogP contribution in [0.2, 0.25) is 0 Å². The summed E-state index contributed by atoms with van der Waals surface area (Å²) >= 11 is 0. The molecule has 184 valence electrons. The highest BCUT2D eigenvalue weighted by Gasteiger charge is 2.33.